The Morgan fingerprint density at radius 2 is 1.81 bits per heavy atom. The first-order valence-electron chi connectivity index (χ1n) is 10.3. The molecule has 0 aliphatic carbocycles. The number of fused-ring (bicyclic) bond motifs is 1. The third-order valence-electron chi connectivity index (χ3n) is 5.36. The lowest BCUT2D eigenvalue weighted by Gasteiger charge is -2.16. The minimum Gasteiger partial charge on any atom is -0.480 e. The van der Waals surface area contributed by atoms with Crippen molar-refractivity contribution in [2.24, 2.45) is 5.73 Å². The van der Waals surface area contributed by atoms with Crippen LogP contribution in [0.25, 0.3) is 22.2 Å². The molecule has 1 aromatic heterocycles. The number of hydrogen-bond donors (Lipinski definition) is 3. The van der Waals surface area contributed by atoms with Crippen molar-refractivity contribution in [2.75, 3.05) is 5.32 Å². The zero-order valence-corrected chi connectivity index (χ0v) is 17.5. The van der Waals surface area contributed by atoms with Crippen LogP contribution in [-0.4, -0.2) is 27.1 Å². The van der Waals surface area contributed by atoms with E-state index in [2.05, 4.69) is 21.4 Å². The number of aromatic nitrogens is 2. The average molecular weight is 430 g/mol. The van der Waals surface area contributed by atoms with E-state index in [0.29, 0.717) is 11.4 Å². The van der Waals surface area contributed by atoms with Crippen LogP contribution in [0, 0.1) is 5.82 Å². The van der Waals surface area contributed by atoms with Gasteiger partial charge in [-0.25, -0.2) is 14.4 Å². The van der Waals surface area contributed by atoms with Crippen LogP contribution in [0.2, 0.25) is 0 Å². The molecule has 1 heterocycles. The number of halogens is 1. The van der Waals surface area contributed by atoms with Crippen molar-refractivity contribution in [3.63, 3.8) is 0 Å². The Balaban J connectivity index is 1.53. The van der Waals surface area contributed by atoms with Gasteiger partial charge < -0.3 is 16.2 Å². The highest BCUT2D eigenvalue weighted by molar-refractivity contribution is 5.83. The number of carboxylic acid groups (broad SMARTS) is 1. The Labute approximate surface area is 185 Å². The Kier molecular flexibility index (Phi) is 6.09. The van der Waals surface area contributed by atoms with Gasteiger partial charge in [0.15, 0.2) is 17.5 Å². The van der Waals surface area contributed by atoms with Crippen LogP contribution in [0.15, 0.2) is 72.9 Å². The molecule has 4 N–H and O–H groups in total. The van der Waals surface area contributed by atoms with Crippen LogP contribution in [0.1, 0.15) is 24.1 Å². The van der Waals surface area contributed by atoms with Gasteiger partial charge in [0.2, 0.25) is 0 Å². The molecule has 2 atom stereocenters. The minimum absolute atomic E-state index is 0.118. The highest BCUT2D eigenvalue weighted by Crippen LogP contribution is 2.25. The van der Waals surface area contributed by atoms with E-state index in [1.54, 1.807) is 24.3 Å². The lowest BCUT2D eigenvalue weighted by molar-refractivity contribution is -0.138. The average Bonchev–Trinajstić information content (AvgIpc) is 2.80. The van der Waals surface area contributed by atoms with Crippen molar-refractivity contribution in [2.45, 2.75) is 25.4 Å². The van der Waals surface area contributed by atoms with E-state index in [-0.39, 0.29) is 18.3 Å². The van der Waals surface area contributed by atoms with Crippen LogP contribution < -0.4 is 11.1 Å². The van der Waals surface area contributed by atoms with Crippen molar-refractivity contribution in [1.29, 1.82) is 0 Å². The number of nitrogens with zero attached hydrogens (tertiary/aromatic N) is 2. The summed E-state index contributed by atoms with van der Waals surface area (Å²) in [6.45, 7) is 1.95. The zero-order valence-electron chi connectivity index (χ0n) is 17.5. The standard InChI is InChI=1S/C25H23FN4O2/c1-15(19-11-10-17-4-2-3-5-20(17)13-19)29-24-21(26)14-28-23(30-24)18-8-6-16(7-9-18)12-22(27)25(31)32/h2-11,13-15,22H,12,27H2,1H3,(H,31,32)(H,28,29,30)/t15-,22+/m1/s1. The number of benzene rings is 3. The quantitative estimate of drug-likeness (QED) is 0.397. The van der Waals surface area contributed by atoms with Gasteiger partial charge in [0.25, 0.3) is 0 Å². The summed E-state index contributed by atoms with van der Waals surface area (Å²) in [4.78, 5) is 19.4. The number of aliphatic carboxylic acids is 1. The van der Waals surface area contributed by atoms with E-state index in [4.69, 9.17) is 10.8 Å². The zero-order chi connectivity index (χ0) is 22.7. The fourth-order valence-corrected chi connectivity index (χ4v) is 3.50. The van der Waals surface area contributed by atoms with Gasteiger partial charge >= 0.3 is 5.97 Å². The lowest BCUT2D eigenvalue weighted by atomic mass is 10.0. The summed E-state index contributed by atoms with van der Waals surface area (Å²) >= 11 is 0. The third-order valence-corrected chi connectivity index (χ3v) is 5.36. The Morgan fingerprint density at radius 1 is 1.09 bits per heavy atom. The summed E-state index contributed by atoms with van der Waals surface area (Å²) in [7, 11) is 0. The minimum atomic E-state index is -1.05. The SMILES string of the molecule is C[C@@H](Nc1nc(-c2ccc(C[C@H](N)C(=O)O)cc2)ncc1F)c1ccc2ccccc2c1. The smallest absolute Gasteiger partial charge is 0.320 e. The van der Waals surface area contributed by atoms with E-state index < -0.39 is 17.8 Å². The molecular formula is C25H23FN4O2. The first kappa shape index (κ1) is 21.4. The van der Waals surface area contributed by atoms with E-state index in [0.717, 1.165) is 28.1 Å². The number of carbonyl (C=O) groups is 1. The van der Waals surface area contributed by atoms with E-state index >= 15 is 0 Å². The lowest BCUT2D eigenvalue weighted by Crippen LogP contribution is -2.32. The van der Waals surface area contributed by atoms with Crippen LogP contribution in [0.3, 0.4) is 0 Å². The first-order valence-corrected chi connectivity index (χ1v) is 10.3. The summed E-state index contributed by atoms with van der Waals surface area (Å²) in [6.07, 6.45) is 1.36. The number of nitrogens with two attached hydrogens (primary N) is 1. The highest BCUT2D eigenvalue weighted by Gasteiger charge is 2.15. The molecule has 0 radical (unpaired) electrons. The van der Waals surface area contributed by atoms with Gasteiger partial charge in [-0.1, -0.05) is 60.7 Å². The van der Waals surface area contributed by atoms with Gasteiger partial charge in [-0.3, -0.25) is 4.79 Å². The largest absolute Gasteiger partial charge is 0.480 e. The second kappa shape index (κ2) is 9.11. The number of hydrogen-bond acceptors (Lipinski definition) is 5. The van der Waals surface area contributed by atoms with Crippen LogP contribution in [0.4, 0.5) is 10.2 Å². The number of anilines is 1. The normalized spacial score (nSPS) is 13.0. The molecule has 0 aliphatic rings. The molecule has 0 saturated heterocycles. The number of rotatable bonds is 7. The summed E-state index contributed by atoms with van der Waals surface area (Å²) in [6, 6.07) is 20.2. The molecule has 0 amide bonds. The maximum absolute atomic E-state index is 14.4. The summed E-state index contributed by atoms with van der Waals surface area (Å²) in [5, 5.41) is 14.4. The van der Waals surface area contributed by atoms with Crippen LogP contribution >= 0.6 is 0 Å². The van der Waals surface area contributed by atoms with Crippen molar-refractivity contribution >= 4 is 22.6 Å². The number of carboxylic acids is 1. The molecule has 7 heteroatoms. The molecule has 0 aliphatic heterocycles. The molecule has 4 rings (SSSR count). The second-order valence-electron chi connectivity index (χ2n) is 7.71. The Morgan fingerprint density at radius 3 is 2.53 bits per heavy atom. The second-order valence-corrected chi connectivity index (χ2v) is 7.71. The predicted molar refractivity (Wildman–Crippen MR) is 123 cm³/mol. The molecule has 0 spiro atoms. The van der Waals surface area contributed by atoms with Gasteiger partial charge in [0, 0.05) is 5.56 Å². The van der Waals surface area contributed by atoms with E-state index in [1.165, 1.54) is 0 Å². The monoisotopic (exact) mass is 430 g/mol. The summed E-state index contributed by atoms with van der Waals surface area (Å²) in [5.74, 6) is -1.10. The summed E-state index contributed by atoms with van der Waals surface area (Å²) < 4.78 is 14.4. The molecule has 32 heavy (non-hydrogen) atoms. The molecule has 0 saturated carbocycles. The fraction of sp³-hybridized carbons (Fsp3) is 0.160. The molecule has 162 valence electrons. The number of nitrogens with one attached hydrogen (secondary N) is 1. The molecule has 3 aromatic carbocycles. The molecule has 4 aromatic rings. The molecule has 0 unspecified atom stereocenters. The van der Waals surface area contributed by atoms with Gasteiger partial charge in [-0.15, -0.1) is 0 Å². The highest BCUT2D eigenvalue weighted by atomic mass is 19.1. The molecular weight excluding hydrogens is 407 g/mol. The first-order chi connectivity index (χ1) is 15.4. The Hall–Kier alpha value is -3.84. The molecule has 0 fully saturated rings. The van der Waals surface area contributed by atoms with E-state index in [9.17, 15) is 9.18 Å². The van der Waals surface area contributed by atoms with Gasteiger partial charge in [0.1, 0.15) is 6.04 Å². The Bertz CT molecular complexity index is 1260. The molecule has 6 nitrogen and oxygen atoms in total. The van der Waals surface area contributed by atoms with Crippen LogP contribution in [-0.2, 0) is 11.2 Å². The maximum Gasteiger partial charge on any atom is 0.320 e. The van der Waals surface area contributed by atoms with Gasteiger partial charge in [-0.2, -0.15) is 0 Å². The summed E-state index contributed by atoms with van der Waals surface area (Å²) in [5.41, 5.74) is 8.08. The molecule has 0 bridgehead atoms. The topological polar surface area (TPSA) is 101 Å². The van der Waals surface area contributed by atoms with Crippen molar-refractivity contribution in [1.82, 2.24) is 9.97 Å². The predicted octanol–water partition coefficient (Wildman–Crippen LogP) is 4.56. The van der Waals surface area contributed by atoms with Crippen molar-refractivity contribution in [3.8, 4) is 11.4 Å². The van der Waals surface area contributed by atoms with Crippen molar-refractivity contribution < 1.29 is 14.3 Å². The van der Waals surface area contributed by atoms with Gasteiger partial charge in [-0.05, 0) is 41.3 Å². The fourth-order valence-electron chi connectivity index (χ4n) is 3.50. The van der Waals surface area contributed by atoms with Gasteiger partial charge in [0.05, 0.1) is 12.2 Å². The third kappa shape index (κ3) is 4.73. The van der Waals surface area contributed by atoms with Crippen molar-refractivity contribution in [3.05, 3.63) is 89.9 Å². The maximum atomic E-state index is 14.4. The van der Waals surface area contributed by atoms with Crippen LogP contribution in [0.5, 0.6) is 0 Å². The van der Waals surface area contributed by atoms with E-state index in [1.807, 2.05) is 43.3 Å².